The van der Waals surface area contributed by atoms with Crippen molar-refractivity contribution in [2.75, 3.05) is 38.7 Å². The Morgan fingerprint density at radius 3 is 2.72 bits per heavy atom. The molecule has 2 atom stereocenters. The Bertz CT molecular complexity index is 958. The largest absolute Gasteiger partial charge is 0.383 e. The lowest BCUT2D eigenvalue weighted by atomic mass is 9.94. The Morgan fingerprint density at radius 2 is 1.90 bits per heavy atom. The van der Waals surface area contributed by atoms with Gasteiger partial charge in [0.1, 0.15) is 0 Å². The number of methoxy groups -OCH3 is 1. The standard InChI is InChI=1S/C23H26N4O2/c1-29-12-11-27-15-20(17-7-3-2-4-8-17)22(16-27)26-23(28)25-21-14-24-13-18-9-5-6-10-19(18)21/h2-10,13-14,20,22H,11-12,15-16H2,1H3,(H2,25,26,28)/t20-,22+/m0/s1. The van der Waals surface area contributed by atoms with Crippen molar-refractivity contribution in [1.29, 1.82) is 0 Å². The minimum Gasteiger partial charge on any atom is -0.383 e. The summed E-state index contributed by atoms with van der Waals surface area (Å²) in [5.41, 5.74) is 1.95. The average molecular weight is 390 g/mol. The SMILES string of the molecule is COCCN1C[C@@H](NC(=O)Nc2cncc3ccccc23)[C@H](c2ccccc2)C1. The third-order valence-corrected chi connectivity index (χ3v) is 5.47. The first-order chi connectivity index (χ1) is 14.2. The predicted molar refractivity (Wildman–Crippen MR) is 115 cm³/mol. The highest BCUT2D eigenvalue weighted by Crippen LogP contribution is 2.28. The summed E-state index contributed by atoms with van der Waals surface area (Å²) >= 11 is 0. The molecule has 0 aliphatic carbocycles. The zero-order valence-electron chi connectivity index (χ0n) is 16.5. The van der Waals surface area contributed by atoms with Gasteiger partial charge >= 0.3 is 6.03 Å². The number of urea groups is 1. The summed E-state index contributed by atoms with van der Waals surface area (Å²) in [6, 6.07) is 18.1. The van der Waals surface area contributed by atoms with Gasteiger partial charge in [-0.15, -0.1) is 0 Å². The number of fused-ring (bicyclic) bond motifs is 1. The lowest BCUT2D eigenvalue weighted by molar-refractivity contribution is 0.159. The van der Waals surface area contributed by atoms with Crippen LogP contribution >= 0.6 is 0 Å². The molecule has 1 saturated heterocycles. The molecule has 6 heteroatoms. The van der Waals surface area contributed by atoms with E-state index in [0.717, 1.165) is 30.4 Å². The van der Waals surface area contributed by atoms with Gasteiger partial charge in [-0.3, -0.25) is 9.88 Å². The number of aromatic nitrogens is 1. The number of hydrogen-bond acceptors (Lipinski definition) is 4. The minimum atomic E-state index is -0.206. The van der Waals surface area contributed by atoms with Crippen molar-refractivity contribution in [2.45, 2.75) is 12.0 Å². The van der Waals surface area contributed by atoms with E-state index < -0.39 is 0 Å². The van der Waals surface area contributed by atoms with Crippen LogP contribution in [0.2, 0.25) is 0 Å². The summed E-state index contributed by atoms with van der Waals surface area (Å²) < 4.78 is 5.23. The highest BCUT2D eigenvalue weighted by Gasteiger charge is 2.34. The predicted octanol–water partition coefficient (Wildman–Crippen LogP) is 3.47. The molecule has 2 N–H and O–H groups in total. The molecular formula is C23H26N4O2. The fourth-order valence-corrected chi connectivity index (χ4v) is 4.02. The fraction of sp³-hybridized carbons (Fsp3) is 0.304. The van der Waals surface area contributed by atoms with E-state index in [0.29, 0.717) is 12.3 Å². The normalized spacial score (nSPS) is 19.3. The van der Waals surface area contributed by atoms with E-state index in [1.165, 1.54) is 5.56 Å². The summed E-state index contributed by atoms with van der Waals surface area (Å²) in [7, 11) is 1.71. The van der Waals surface area contributed by atoms with Gasteiger partial charge in [0.25, 0.3) is 0 Å². The Morgan fingerprint density at radius 1 is 1.10 bits per heavy atom. The number of nitrogens with zero attached hydrogens (tertiary/aromatic N) is 2. The number of benzene rings is 2. The Hall–Kier alpha value is -2.96. The van der Waals surface area contributed by atoms with Crippen LogP contribution in [0, 0.1) is 0 Å². The summed E-state index contributed by atoms with van der Waals surface area (Å²) in [5, 5.41) is 8.15. The van der Waals surface area contributed by atoms with Crippen molar-refractivity contribution < 1.29 is 9.53 Å². The molecule has 2 aromatic carbocycles. The van der Waals surface area contributed by atoms with Crippen LogP contribution in [0.15, 0.2) is 67.0 Å². The number of carbonyl (C=O) groups excluding carboxylic acids is 1. The van der Waals surface area contributed by atoms with Gasteiger partial charge in [0.2, 0.25) is 0 Å². The van der Waals surface area contributed by atoms with Gasteiger partial charge in [0, 0.05) is 49.6 Å². The van der Waals surface area contributed by atoms with Crippen LogP contribution in [0.4, 0.5) is 10.5 Å². The van der Waals surface area contributed by atoms with Gasteiger partial charge < -0.3 is 15.4 Å². The molecule has 1 aliphatic heterocycles. The number of amides is 2. The smallest absolute Gasteiger partial charge is 0.319 e. The molecule has 3 aromatic rings. The van der Waals surface area contributed by atoms with Crippen LogP contribution < -0.4 is 10.6 Å². The van der Waals surface area contributed by atoms with E-state index in [-0.39, 0.29) is 18.0 Å². The molecule has 0 bridgehead atoms. The number of hydrogen-bond donors (Lipinski definition) is 2. The van der Waals surface area contributed by atoms with Crippen molar-refractivity contribution in [3.05, 3.63) is 72.6 Å². The molecule has 2 amide bonds. The van der Waals surface area contributed by atoms with Crippen molar-refractivity contribution in [3.63, 3.8) is 0 Å². The van der Waals surface area contributed by atoms with Crippen LogP contribution in [0.5, 0.6) is 0 Å². The Labute approximate surface area is 170 Å². The molecule has 0 spiro atoms. The number of anilines is 1. The highest BCUT2D eigenvalue weighted by atomic mass is 16.5. The number of ether oxygens (including phenoxy) is 1. The second kappa shape index (κ2) is 9.03. The highest BCUT2D eigenvalue weighted by molar-refractivity contribution is 6.00. The first kappa shape index (κ1) is 19.4. The summed E-state index contributed by atoms with van der Waals surface area (Å²) in [5.74, 6) is 0.240. The summed E-state index contributed by atoms with van der Waals surface area (Å²) in [4.78, 5) is 19.4. The van der Waals surface area contributed by atoms with E-state index >= 15 is 0 Å². The van der Waals surface area contributed by atoms with Crippen LogP contribution in [-0.2, 0) is 4.74 Å². The third-order valence-electron chi connectivity index (χ3n) is 5.47. The molecular weight excluding hydrogens is 364 g/mol. The van der Waals surface area contributed by atoms with Crippen LogP contribution in [0.25, 0.3) is 10.8 Å². The molecule has 2 heterocycles. The lowest BCUT2D eigenvalue weighted by Gasteiger charge is -2.21. The number of carbonyl (C=O) groups is 1. The van der Waals surface area contributed by atoms with E-state index in [2.05, 4.69) is 32.7 Å². The Kier molecular flexibility index (Phi) is 6.03. The average Bonchev–Trinajstić information content (AvgIpc) is 3.15. The maximum Gasteiger partial charge on any atom is 0.319 e. The molecule has 1 fully saturated rings. The van der Waals surface area contributed by atoms with Gasteiger partial charge in [-0.25, -0.2) is 4.79 Å². The molecule has 0 saturated carbocycles. The molecule has 0 unspecified atom stereocenters. The van der Waals surface area contributed by atoms with Crippen molar-refractivity contribution in [2.24, 2.45) is 0 Å². The molecule has 29 heavy (non-hydrogen) atoms. The maximum atomic E-state index is 12.8. The number of rotatable bonds is 6. The maximum absolute atomic E-state index is 12.8. The van der Waals surface area contributed by atoms with E-state index in [4.69, 9.17) is 4.74 Å². The molecule has 4 rings (SSSR count). The van der Waals surface area contributed by atoms with Gasteiger partial charge in [0.15, 0.2) is 0 Å². The van der Waals surface area contributed by atoms with Crippen LogP contribution in [0.3, 0.4) is 0 Å². The van der Waals surface area contributed by atoms with Crippen LogP contribution in [-0.4, -0.2) is 55.3 Å². The van der Waals surface area contributed by atoms with Gasteiger partial charge in [-0.2, -0.15) is 0 Å². The first-order valence-corrected chi connectivity index (χ1v) is 9.91. The monoisotopic (exact) mass is 390 g/mol. The molecule has 150 valence electrons. The minimum absolute atomic E-state index is 0.0252. The number of likely N-dealkylation sites (tertiary alicyclic amines) is 1. The van der Waals surface area contributed by atoms with E-state index in [1.54, 1.807) is 19.5 Å². The molecule has 1 aliphatic rings. The van der Waals surface area contributed by atoms with Crippen molar-refractivity contribution in [1.82, 2.24) is 15.2 Å². The number of pyridine rings is 1. The molecule has 6 nitrogen and oxygen atoms in total. The number of nitrogens with one attached hydrogen (secondary N) is 2. The second-order valence-electron chi connectivity index (χ2n) is 7.38. The summed E-state index contributed by atoms with van der Waals surface area (Å²) in [6.45, 7) is 3.23. The van der Waals surface area contributed by atoms with Gasteiger partial charge in [0.05, 0.1) is 24.5 Å². The Balaban J connectivity index is 1.48. The zero-order valence-corrected chi connectivity index (χ0v) is 16.5. The quantitative estimate of drug-likeness (QED) is 0.676. The van der Waals surface area contributed by atoms with Crippen molar-refractivity contribution in [3.8, 4) is 0 Å². The van der Waals surface area contributed by atoms with Crippen molar-refractivity contribution >= 4 is 22.5 Å². The molecule has 1 aromatic heterocycles. The second-order valence-corrected chi connectivity index (χ2v) is 7.38. The van der Waals surface area contributed by atoms with Gasteiger partial charge in [-0.05, 0) is 5.56 Å². The topological polar surface area (TPSA) is 66.5 Å². The first-order valence-electron chi connectivity index (χ1n) is 9.91. The fourth-order valence-electron chi connectivity index (χ4n) is 4.02. The third kappa shape index (κ3) is 4.55. The van der Waals surface area contributed by atoms with Crippen LogP contribution in [0.1, 0.15) is 11.5 Å². The zero-order chi connectivity index (χ0) is 20.1. The lowest BCUT2D eigenvalue weighted by Crippen LogP contribution is -2.42. The summed E-state index contributed by atoms with van der Waals surface area (Å²) in [6.07, 6.45) is 3.49. The van der Waals surface area contributed by atoms with Gasteiger partial charge in [-0.1, -0.05) is 54.6 Å². The van der Waals surface area contributed by atoms with E-state index in [1.807, 2.05) is 42.5 Å². The molecule has 0 radical (unpaired) electrons. The van der Waals surface area contributed by atoms with E-state index in [9.17, 15) is 4.79 Å².